The van der Waals surface area contributed by atoms with Gasteiger partial charge in [0.1, 0.15) is 0 Å². The fourth-order valence-corrected chi connectivity index (χ4v) is 5.97. The fourth-order valence-electron chi connectivity index (χ4n) is 3.88. The van der Waals surface area contributed by atoms with Crippen LogP contribution >= 0.6 is 31.9 Å². The molecule has 3 unspecified atom stereocenters. The third-order valence-electron chi connectivity index (χ3n) is 4.10. The molecule has 4 aliphatic carbocycles. The highest BCUT2D eigenvalue weighted by Crippen LogP contribution is 2.61. The van der Waals surface area contributed by atoms with Crippen LogP contribution in [-0.2, 0) is 0 Å². The summed E-state index contributed by atoms with van der Waals surface area (Å²) in [6.45, 7) is 0. The summed E-state index contributed by atoms with van der Waals surface area (Å²) in [4.78, 5) is 0.762. The Labute approximate surface area is 90.7 Å². The van der Waals surface area contributed by atoms with Gasteiger partial charge in [-0.2, -0.15) is 0 Å². The van der Waals surface area contributed by atoms with Crippen LogP contribution in [0.5, 0.6) is 0 Å². The van der Waals surface area contributed by atoms with Gasteiger partial charge in [0.15, 0.2) is 0 Å². The number of alkyl halides is 2. The summed E-state index contributed by atoms with van der Waals surface area (Å²) in [5, 5.41) is 0. The molecule has 0 saturated heterocycles. The van der Waals surface area contributed by atoms with E-state index in [-0.39, 0.29) is 0 Å². The highest BCUT2D eigenvalue weighted by molar-refractivity contribution is 9.12. The smallest absolute Gasteiger partial charge is 0.0390 e. The lowest BCUT2D eigenvalue weighted by Gasteiger charge is -2.57. The fraction of sp³-hybridized carbons (Fsp3) is 1.00. The quantitative estimate of drug-likeness (QED) is 0.597. The van der Waals surface area contributed by atoms with Crippen molar-refractivity contribution in [1.82, 2.24) is 0 Å². The van der Waals surface area contributed by atoms with Crippen LogP contribution in [0.15, 0.2) is 0 Å². The topological polar surface area (TPSA) is 0 Å². The monoisotopic (exact) mass is 292 g/mol. The standard InChI is InChI=1S/C10H14Br2/c11-9-8-2-6-1-7(3-8)5-10(9,12)4-6/h6-9H,1-5H2. The molecular formula is C10H14Br2. The molecule has 4 rings (SSSR count). The van der Waals surface area contributed by atoms with Gasteiger partial charge in [0.2, 0.25) is 0 Å². The maximum atomic E-state index is 3.98. The molecule has 0 heterocycles. The van der Waals surface area contributed by atoms with Crippen molar-refractivity contribution < 1.29 is 0 Å². The molecule has 0 nitrogen and oxygen atoms in total. The van der Waals surface area contributed by atoms with Gasteiger partial charge in [-0.1, -0.05) is 31.9 Å². The Hall–Kier alpha value is 0.960. The minimum atomic E-state index is 0.488. The SMILES string of the molecule is BrC1C2CC3CC(C2)CC1(Br)C3. The van der Waals surface area contributed by atoms with Crippen molar-refractivity contribution in [2.24, 2.45) is 17.8 Å². The highest BCUT2D eigenvalue weighted by atomic mass is 79.9. The van der Waals surface area contributed by atoms with E-state index in [0.29, 0.717) is 4.32 Å². The lowest BCUT2D eigenvalue weighted by atomic mass is 9.56. The average Bonchev–Trinajstić information content (AvgIpc) is 1.98. The first-order chi connectivity index (χ1) is 5.67. The number of rotatable bonds is 0. The first-order valence-electron chi connectivity index (χ1n) is 5.00. The van der Waals surface area contributed by atoms with Crippen molar-refractivity contribution in [2.45, 2.75) is 41.3 Å². The van der Waals surface area contributed by atoms with E-state index in [1.807, 2.05) is 0 Å². The van der Waals surface area contributed by atoms with Crippen LogP contribution in [0.25, 0.3) is 0 Å². The van der Waals surface area contributed by atoms with Gasteiger partial charge in [-0.05, 0) is 49.9 Å². The van der Waals surface area contributed by atoms with Crippen molar-refractivity contribution in [1.29, 1.82) is 0 Å². The van der Waals surface area contributed by atoms with Crippen LogP contribution in [0.3, 0.4) is 0 Å². The molecule has 0 aliphatic heterocycles. The minimum absolute atomic E-state index is 0.488. The van der Waals surface area contributed by atoms with Crippen molar-refractivity contribution in [3.63, 3.8) is 0 Å². The van der Waals surface area contributed by atoms with Crippen molar-refractivity contribution >= 4 is 31.9 Å². The predicted molar refractivity (Wildman–Crippen MR) is 57.9 cm³/mol. The Morgan fingerprint density at radius 3 is 2.08 bits per heavy atom. The molecule has 2 heteroatoms. The van der Waals surface area contributed by atoms with E-state index in [2.05, 4.69) is 31.9 Å². The van der Waals surface area contributed by atoms with Gasteiger partial charge in [0.05, 0.1) is 0 Å². The lowest BCUT2D eigenvalue weighted by Crippen LogP contribution is -2.54. The summed E-state index contributed by atoms with van der Waals surface area (Å²) in [7, 11) is 0. The summed E-state index contributed by atoms with van der Waals surface area (Å²) in [5.74, 6) is 3.09. The van der Waals surface area contributed by atoms with E-state index >= 15 is 0 Å². The second kappa shape index (κ2) is 2.50. The third-order valence-corrected chi connectivity index (χ3v) is 7.48. The van der Waals surface area contributed by atoms with E-state index in [1.165, 1.54) is 32.1 Å². The Balaban J connectivity index is 1.97. The van der Waals surface area contributed by atoms with Gasteiger partial charge in [-0.15, -0.1) is 0 Å². The van der Waals surface area contributed by atoms with Crippen molar-refractivity contribution in [3.8, 4) is 0 Å². The summed E-state index contributed by atoms with van der Waals surface area (Å²) >= 11 is 7.86. The van der Waals surface area contributed by atoms with Gasteiger partial charge >= 0.3 is 0 Å². The molecule has 4 saturated carbocycles. The lowest BCUT2D eigenvalue weighted by molar-refractivity contribution is 0.0499. The predicted octanol–water partition coefficient (Wildman–Crippen LogP) is 3.72. The van der Waals surface area contributed by atoms with Crippen LogP contribution in [0, 0.1) is 17.8 Å². The van der Waals surface area contributed by atoms with E-state index in [4.69, 9.17) is 0 Å². The Kier molecular flexibility index (Phi) is 1.73. The van der Waals surface area contributed by atoms with Crippen molar-refractivity contribution in [2.75, 3.05) is 0 Å². The molecule has 3 atom stereocenters. The first-order valence-corrected chi connectivity index (χ1v) is 6.71. The molecule has 12 heavy (non-hydrogen) atoms. The summed E-state index contributed by atoms with van der Waals surface area (Å²) in [6.07, 6.45) is 7.38. The second-order valence-electron chi connectivity index (χ2n) is 5.04. The summed E-state index contributed by atoms with van der Waals surface area (Å²) in [5.41, 5.74) is 0. The number of halogens is 2. The van der Waals surface area contributed by atoms with Crippen LogP contribution in [-0.4, -0.2) is 9.15 Å². The Bertz CT molecular complexity index is 200. The molecule has 4 bridgehead atoms. The van der Waals surface area contributed by atoms with E-state index in [9.17, 15) is 0 Å². The largest absolute Gasteiger partial charge is 0.0872 e. The molecule has 68 valence electrons. The minimum Gasteiger partial charge on any atom is -0.0872 e. The molecular weight excluding hydrogens is 280 g/mol. The zero-order valence-electron chi connectivity index (χ0n) is 7.10. The maximum absolute atomic E-state index is 3.98. The maximum Gasteiger partial charge on any atom is 0.0390 e. The van der Waals surface area contributed by atoms with Gasteiger partial charge in [-0.25, -0.2) is 0 Å². The first kappa shape index (κ1) is 8.28. The van der Waals surface area contributed by atoms with Crippen LogP contribution in [0.2, 0.25) is 0 Å². The number of hydrogen-bond acceptors (Lipinski definition) is 0. The zero-order chi connectivity index (χ0) is 8.34. The molecule has 4 fully saturated rings. The van der Waals surface area contributed by atoms with Crippen LogP contribution in [0.4, 0.5) is 0 Å². The molecule has 0 radical (unpaired) electrons. The highest BCUT2D eigenvalue weighted by Gasteiger charge is 2.54. The molecule has 4 aliphatic rings. The number of hydrogen-bond donors (Lipinski definition) is 0. The van der Waals surface area contributed by atoms with E-state index in [0.717, 1.165) is 22.6 Å². The van der Waals surface area contributed by atoms with Gasteiger partial charge in [0.25, 0.3) is 0 Å². The van der Waals surface area contributed by atoms with Crippen LogP contribution in [0.1, 0.15) is 32.1 Å². The zero-order valence-corrected chi connectivity index (χ0v) is 10.3. The second-order valence-corrected chi connectivity index (χ2v) is 7.61. The van der Waals surface area contributed by atoms with Gasteiger partial charge in [-0.3, -0.25) is 0 Å². The average molecular weight is 294 g/mol. The van der Waals surface area contributed by atoms with Crippen molar-refractivity contribution in [3.05, 3.63) is 0 Å². The van der Waals surface area contributed by atoms with Gasteiger partial charge in [0, 0.05) is 9.15 Å². The van der Waals surface area contributed by atoms with E-state index in [1.54, 1.807) is 0 Å². The van der Waals surface area contributed by atoms with E-state index < -0.39 is 0 Å². The molecule has 0 aromatic carbocycles. The molecule has 0 amide bonds. The summed E-state index contributed by atoms with van der Waals surface area (Å²) in [6, 6.07) is 0. The Morgan fingerprint density at radius 2 is 1.58 bits per heavy atom. The molecule has 0 aromatic heterocycles. The Morgan fingerprint density at radius 1 is 1.00 bits per heavy atom. The van der Waals surface area contributed by atoms with Crippen LogP contribution < -0.4 is 0 Å². The van der Waals surface area contributed by atoms with Gasteiger partial charge < -0.3 is 0 Å². The summed E-state index contributed by atoms with van der Waals surface area (Å²) < 4.78 is 0.488. The molecule has 0 spiro atoms. The normalized spacial score (nSPS) is 62.5. The third kappa shape index (κ3) is 1.00. The molecule has 0 N–H and O–H groups in total. The molecule has 0 aromatic rings.